The maximum Gasteiger partial charge on any atom is 0.410 e. The minimum absolute atomic E-state index is 0.0365. The van der Waals surface area contributed by atoms with Crippen LogP contribution < -0.4 is 0 Å². The molecule has 3 aliphatic rings. The van der Waals surface area contributed by atoms with Crippen molar-refractivity contribution in [3.63, 3.8) is 0 Å². The lowest BCUT2D eigenvalue weighted by Crippen LogP contribution is -2.50. The van der Waals surface area contributed by atoms with Gasteiger partial charge in [-0.05, 0) is 68.1 Å². The van der Waals surface area contributed by atoms with Crippen molar-refractivity contribution in [3.8, 4) is 0 Å². The predicted octanol–water partition coefficient (Wildman–Crippen LogP) is 4.98. The van der Waals surface area contributed by atoms with Crippen LogP contribution in [0.1, 0.15) is 75.2 Å². The molecule has 0 saturated carbocycles. The lowest BCUT2D eigenvalue weighted by Gasteiger charge is -2.50. The van der Waals surface area contributed by atoms with Gasteiger partial charge in [-0.15, -0.1) is 0 Å². The van der Waals surface area contributed by atoms with Gasteiger partial charge in [0.15, 0.2) is 0 Å². The highest BCUT2D eigenvalue weighted by molar-refractivity contribution is 5.81. The van der Waals surface area contributed by atoms with Crippen molar-refractivity contribution in [1.82, 2.24) is 9.80 Å². The third kappa shape index (κ3) is 4.33. The van der Waals surface area contributed by atoms with Crippen LogP contribution in [-0.4, -0.2) is 52.2 Å². The van der Waals surface area contributed by atoms with Crippen LogP contribution in [0.5, 0.6) is 0 Å². The number of fused-ring (bicyclic) bond motifs is 4. The first-order valence-corrected chi connectivity index (χ1v) is 12.8. The lowest BCUT2D eigenvalue weighted by molar-refractivity contribution is -0.132. The molecule has 2 aromatic carbocycles. The molecule has 2 amide bonds. The SMILES string of the molecule is CC(C)(C)OC(=O)N1CCC2(CC1)C[C@@H]1CC(=O)N([C@H](CO)c3ccccc3)[C@@H]1c1ccccc12. The van der Waals surface area contributed by atoms with Crippen LogP contribution in [0.2, 0.25) is 0 Å². The second-order valence-electron chi connectivity index (χ2n) is 11.4. The Bertz CT molecular complexity index is 1090. The summed E-state index contributed by atoms with van der Waals surface area (Å²) in [6.07, 6.45) is 2.91. The third-order valence-corrected chi connectivity index (χ3v) is 8.04. The van der Waals surface area contributed by atoms with E-state index in [-0.39, 0.29) is 42.0 Å². The quantitative estimate of drug-likeness (QED) is 0.678. The zero-order valence-corrected chi connectivity index (χ0v) is 20.9. The van der Waals surface area contributed by atoms with Gasteiger partial charge in [-0.3, -0.25) is 4.79 Å². The molecule has 6 heteroatoms. The van der Waals surface area contributed by atoms with E-state index in [1.54, 1.807) is 0 Å². The highest BCUT2D eigenvalue weighted by atomic mass is 16.6. The van der Waals surface area contributed by atoms with Crippen molar-refractivity contribution in [2.45, 2.75) is 69.6 Å². The van der Waals surface area contributed by atoms with E-state index in [1.807, 2.05) is 60.9 Å². The van der Waals surface area contributed by atoms with Gasteiger partial charge in [0, 0.05) is 19.5 Å². The number of aliphatic hydroxyl groups is 1. The molecule has 2 fully saturated rings. The van der Waals surface area contributed by atoms with E-state index >= 15 is 0 Å². The minimum atomic E-state index is -0.507. The summed E-state index contributed by atoms with van der Waals surface area (Å²) in [5.74, 6) is 0.309. The number of piperidine rings is 1. The Labute approximate surface area is 207 Å². The van der Waals surface area contributed by atoms with Gasteiger partial charge in [0.25, 0.3) is 0 Å². The van der Waals surface area contributed by atoms with Crippen LogP contribution in [0.25, 0.3) is 0 Å². The van der Waals surface area contributed by atoms with E-state index in [0.29, 0.717) is 19.5 Å². The largest absolute Gasteiger partial charge is 0.444 e. The average molecular weight is 477 g/mol. The first-order valence-electron chi connectivity index (χ1n) is 12.8. The number of likely N-dealkylation sites (tertiary alicyclic amines) is 2. The minimum Gasteiger partial charge on any atom is -0.444 e. The predicted molar refractivity (Wildman–Crippen MR) is 134 cm³/mol. The summed E-state index contributed by atoms with van der Waals surface area (Å²) >= 11 is 0. The second kappa shape index (κ2) is 8.98. The number of hydrogen-bond donors (Lipinski definition) is 1. The van der Waals surface area contributed by atoms with Crippen LogP contribution in [0, 0.1) is 5.92 Å². The van der Waals surface area contributed by atoms with Crippen molar-refractivity contribution in [2.75, 3.05) is 19.7 Å². The molecule has 0 bridgehead atoms. The summed E-state index contributed by atoms with van der Waals surface area (Å²) in [5.41, 5.74) is 2.91. The number of benzene rings is 2. The molecule has 186 valence electrons. The number of carbonyl (C=O) groups excluding carboxylic acids is 2. The first kappa shape index (κ1) is 23.9. The summed E-state index contributed by atoms with van der Waals surface area (Å²) in [6, 6.07) is 18.0. The van der Waals surface area contributed by atoms with Crippen molar-refractivity contribution in [1.29, 1.82) is 0 Å². The molecule has 2 aromatic rings. The Morgan fingerprint density at radius 3 is 2.40 bits per heavy atom. The highest BCUT2D eigenvalue weighted by Gasteiger charge is 2.53. The van der Waals surface area contributed by atoms with E-state index in [0.717, 1.165) is 24.8 Å². The van der Waals surface area contributed by atoms with E-state index in [9.17, 15) is 14.7 Å². The van der Waals surface area contributed by atoms with Crippen molar-refractivity contribution < 1.29 is 19.4 Å². The van der Waals surface area contributed by atoms with Crippen LogP contribution in [-0.2, 0) is 14.9 Å². The Morgan fingerprint density at radius 2 is 1.74 bits per heavy atom. The number of ether oxygens (including phenoxy) is 1. The van der Waals surface area contributed by atoms with Gasteiger partial charge >= 0.3 is 6.09 Å². The van der Waals surface area contributed by atoms with Crippen LogP contribution in [0.3, 0.4) is 0 Å². The number of carbonyl (C=O) groups is 2. The first-order chi connectivity index (χ1) is 16.7. The zero-order valence-electron chi connectivity index (χ0n) is 20.9. The van der Waals surface area contributed by atoms with Gasteiger partial charge in [-0.1, -0.05) is 54.6 Å². The number of amides is 2. The molecule has 0 aromatic heterocycles. The molecule has 0 unspecified atom stereocenters. The molecular weight excluding hydrogens is 440 g/mol. The highest BCUT2D eigenvalue weighted by Crippen LogP contribution is 2.57. The van der Waals surface area contributed by atoms with E-state index in [1.165, 1.54) is 11.1 Å². The summed E-state index contributed by atoms with van der Waals surface area (Å²) in [4.78, 5) is 29.9. The van der Waals surface area contributed by atoms with Crippen molar-refractivity contribution in [3.05, 3.63) is 71.3 Å². The zero-order chi connectivity index (χ0) is 24.8. The third-order valence-electron chi connectivity index (χ3n) is 8.04. The topological polar surface area (TPSA) is 70.1 Å². The van der Waals surface area contributed by atoms with E-state index < -0.39 is 5.60 Å². The van der Waals surface area contributed by atoms with Gasteiger partial charge in [0.05, 0.1) is 18.7 Å². The maximum atomic E-state index is 13.4. The molecule has 2 saturated heterocycles. The second-order valence-corrected chi connectivity index (χ2v) is 11.4. The Balaban J connectivity index is 1.44. The molecule has 35 heavy (non-hydrogen) atoms. The Morgan fingerprint density at radius 1 is 1.09 bits per heavy atom. The monoisotopic (exact) mass is 476 g/mol. The molecule has 5 rings (SSSR count). The fourth-order valence-electron chi connectivity index (χ4n) is 6.57. The Hall–Kier alpha value is -2.86. The molecule has 0 radical (unpaired) electrons. The molecule has 1 aliphatic carbocycles. The molecule has 2 aliphatic heterocycles. The fraction of sp³-hybridized carbons (Fsp3) is 0.517. The normalized spacial score (nSPS) is 24.2. The summed E-state index contributed by atoms with van der Waals surface area (Å²) < 4.78 is 5.61. The Kier molecular flexibility index (Phi) is 6.12. The summed E-state index contributed by atoms with van der Waals surface area (Å²) in [5, 5.41) is 10.4. The van der Waals surface area contributed by atoms with Crippen LogP contribution in [0.15, 0.2) is 54.6 Å². The van der Waals surface area contributed by atoms with E-state index in [2.05, 4.69) is 24.3 Å². The van der Waals surface area contributed by atoms with Crippen molar-refractivity contribution >= 4 is 12.0 Å². The molecule has 3 atom stereocenters. The van der Waals surface area contributed by atoms with Gasteiger partial charge in [-0.25, -0.2) is 4.79 Å². The van der Waals surface area contributed by atoms with Crippen LogP contribution in [0.4, 0.5) is 4.79 Å². The van der Waals surface area contributed by atoms with Crippen molar-refractivity contribution in [2.24, 2.45) is 5.92 Å². The van der Waals surface area contributed by atoms with Crippen LogP contribution >= 0.6 is 0 Å². The van der Waals surface area contributed by atoms with Gasteiger partial charge in [0.2, 0.25) is 5.91 Å². The molecule has 6 nitrogen and oxygen atoms in total. The molecule has 1 N–H and O–H groups in total. The average Bonchev–Trinajstić information content (AvgIpc) is 3.15. The maximum absolute atomic E-state index is 13.4. The standard InChI is InChI=1S/C29H36N2O4/c1-28(2,3)35-27(34)30-15-13-29(14-16-30)18-21-17-25(33)31(24(19-32)20-9-5-4-6-10-20)26(21)22-11-7-8-12-23(22)29/h4-12,21,24,26,32H,13-19H2,1-3H3/t21-,24+,26-/m0/s1. The summed E-state index contributed by atoms with van der Waals surface area (Å²) in [7, 11) is 0. The van der Waals surface area contributed by atoms with Gasteiger partial charge in [0.1, 0.15) is 5.60 Å². The van der Waals surface area contributed by atoms with Gasteiger partial charge < -0.3 is 19.6 Å². The molecule has 1 spiro atoms. The van der Waals surface area contributed by atoms with E-state index in [4.69, 9.17) is 4.74 Å². The fourth-order valence-corrected chi connectivity index (χ4v) is 6.57. The number of nitrogens with zero attached hydrogens (tertiary/aromatic N) is 2. The van der Waals surface area contributed by atoms with Gasteiger partial charge in [-0.2, -0.15) is 0 Å². The number of hydrogen-bond acceptors (Lipinski definition) is 4. The summed E-state index contributed by atoms with van der Waals surface area (Å²) in [6.45, 7) is 6.89. The smallest absolute Gasteiger partial charge is 0.410 e. The number of aliphatic hydroxyl groups excluding tert-OH is 1. The lowest BCUT2D eigenvalue weighted by atomic mass is 9.60. The molecular formula is C29H36N2O4. The number of rotatable bonds is 3. The molecule has 2 heterocycles.